The molecule has 0 saturated carbocycles. The average molecular weight is 579 g/mol. The van der Waals surface area contributed by atoms with E-state index >= 15 is 0 Å². The number of ether oxygens (including phenoxy) is 3. The Labute approximate surface area is 246 Å². The second-order valence-electron chi connectivity index (χ2n) is 9.85. The molecular weight excluding hydrogens is 548 g/mol. The quantitative estimate of drug-likeness (QED) is 0.188. The third kappa shape index (κ3) is 4.58. The molecule has 1 aliphatic heterocycles. The molecule has 4 aromatic carbocycles. The summed E-state index contributed by atoms with van der Waals surface area (Å²) >= 11 is 1.30. The number of carbonyl (C=O) groups excluding carboxylic acids is 1. The van der Waals surface area contributed by atoms with Crippen molar-refractivity contribution < 1.29 is 19.0 Å². The maximum atomic E-state index is 14.4. The summed E-state index contributed by atoms with van der Waals surface area (Å²) in [4.78, 5) is 33.0. The van der Waals surface area contributed by atoms with Crippen molar-refractivity contribution in [3.63, 3.8) is 0 Å². The molecule has 0 radical (unpaired) electrons. The number of para-hydroxylation sites is 1. The van der Waals surface area contributed by atoms with Crippen LogP contribution in [0.15, 0.2) is 93.9 Å². The Morgan fingerprint density at radius 1 is 0.976 bits per heavy atom. The highest BCUT2D eigenvalue weighted by Gasteiger charge is 2.36. The molecule has 2 heterocycles. The molecule has 0 amide bonds. The first kappa shape index (κ1) is 27.5. The van der Waals surface area contributed by atoms with E-state index < -0.39 is 12.0 Å². The molecule has 6 rings (SSSR count). The Balaban J connectivity index is 1.66. The van der Waals surface area contributed by atoms with Crippen LogP contribution in [0.25, 0.3) is 27.6 Å². The molecule has 1 aromatic heterocycles. The van der Waals surface area contributed by atoms with E-state index in [2.05, 4.69) is 30.3 Å². The third-order valence-electron chi connectivity index (χ3n) is 7.42. The molecule has 212 valence electrons. The molecule has 0 N–H and O–H groups in total. The van der Waals surface area contributed by atoms with Crippen molar-refractivity contribution in [2.24, 2.45) is 4.99 Å². The van der Waals surface area contributed by atoms with Crippen LogP contribution < -0.4 is 24.4 Å². The average Bonchev–Trinajstić information content (AvgIpc) is 3.30. The summed E-state index contributed by atoms with van der Waals surface area (Å²) in [5, 5.41) is 4.28. The number of fused-ring (bicyclic) bond motifs is 3. The van der Waals surface area contributed by atoms with Crippen LogP contribution in [0.1, 0.15) is 37.9 Å². The minimum atomic E-state index is -0.816. The van der Waals surface area contributed by atoms with Crippen LogP contribution in [0.5, 0.6) is 11.5 Å². The van der Waals surface area contributed by atoms with Crippen molar-refractivity contribution in [2.45, 2.75) is 26.8 Å². The van der Waals surface area contributed by atoms with Crippen molar-refractivity contribution in [3.05, 3.63) is 115 Å². The number of methoxy groups -OCH3 is 1. The highest BCUT2D eigenvalue weighted by atomic mass is 32.1. The Bertz CT molecular complexity index is 2020. The van der Waals surface area contributed by atoms with E-state index in [0.717, 1.165) is 27.1 Å². The molecule has 1 unspecified atom stereocenters. The van der Waals surface area contributed by atoms with Crippen molar-refractivity contribution in [3.8, 4) is 11.5 Å². The standard InChI is InChI=1S/C34H30N2O5S/c1-5-40-31-25(16-11-17-27(31)39-4)30-29(33(38)41-6-2)20(3)35-34-36(30)32(37)28(42-34)19-26-23-14-9-7-12-21(23)18-22-13-8-10-15-24(22)26/h7-19,30H,5-6H2,1-4H3. The number of hydrogen-bond acceptors (Lipinski definition) is 7. The maximum Gasteiger partial charge on any atom is 0.338 e. The molecule has 0 spiro atoms. The van der Waals surface area contributed by atoms with Gasteiger partial charge in [-0.05, 0) is 66.1 Å². The summed E-state index contributed by atoms with van der Waals surface area (Å²) in [5.74, 6) is 0.457. The molecule has 0 fully saturated rings. The number of rotatable bonds is 7. The van der Waals surface area contributed by atoms with Gasteiger partial charge in [0.15, 0.2) is 16.3 Å². The first-order valence-corrected chi connectivity index (χ1v) is 14.7. The number of nitrogens with zero attached hydrogens (tertiary/aromatic N) is 2. The lowest BCUT2D eigenvalue weighted by Gasteiger charge is -2.26. The van der Waals surface area contributed by atoms with Gasteiger partial charge in [-0.15, -0.1) is 0 Å². The van der Waals surface area contributed by atoms with E-state index in [9.17, 15) is 9.59 Å². The molecular formula is C34H30N2O5S. The van der Waals surface area contributed by atoms with Gasteiger partial charge in [-0.25, -0.2) is 9.79 Å². The van der Waals surface area contributed by atoms with Gasteiger partial charge in [-0.3, -0.25) is 9.36 Å². The van der Waals surface area contributed by atoms with Crippen LogP contribution in [-0.2, 0) is 9.53 Å². The number of carbonyl (C=O) groups is 1. The van der Waals surface area contributed by atoms with Crippen LogP contribution in [0, 0.1) is 0 Å². The molecule has 1 aliphatic rings. The highest BCUT2D eigenvalue weighted by Crippen LogP contribution is 2.41. The maximum absolute atomic E-state index is 14.4. The summed E-state index contributed by atoms with van der Waals surface area (Å²) in [6, 6.07) is 23.1. The first-order chi connectivity index (χ1) is 20.5. The molecule has 1 atom stereocenters. The van der Waals surface area contributed by atoms with E-state index in [1.807, 2.05) is 49.4 Å². The number of esters is 1. The van der Waals surface area contributed by atoms with E-state index in [1.54, 1.807) is 31.6 Å². The fraction of sp³-hybridized carbons (Fsp3) is 0.206. The first-order valence-electron chi connectivity index (χ1n) is 13.9. The molecule has 7 nitrogen and oxygen atoms in total. The predicted molar refractivity (Wildman–Crippen MR) is 166 cm³/mol. The van der Waals surface area contributed by atoms with Crippen LogP contribution in [0.4, 0.5) is 0 Å². The molecule has 8 heteroatoms. The summed E-state index contributed by atoms with van der Waals surface area (Å²) in [5.41, 5.74) is 2.12. The third-order valence-corrected chi connectivity index (χ3v) is 8.40. The Morgan fingerprint density at radius 2 is 1.67 bits per heavy atom. The van der Waals surface area contributed by atoms with Gasteiger partial charge >= 0.3 is 5.97 Å². The molecule has 0 aliphatic carbocycles. The number of thiazole rings is 1. The Hall–Kier alpha value is -4.69. The second kappa shape index (κ2) is 11.3. The normalized spacial score (nSPS) is 15.0. The zero-order valence-electron chi connectivity index (χ0n) is 23.8. The van der Waals surface area contributed by atoms with E-state index in [-0.39, 0.29) is 12.2 Å². The number of benzene rings is 4. The SMILES string of the molecule is CCOC(=O)C1=C(C)N=c2sc(=Cc3c4ccccc4cc4ccccc34)c(=O)n2C1c1cccc(OC)c1OCC. The number of allylic oxidation sites excluding steroid dienone is 1. The summed E-state index contributed by atoms with van der Waals surface area (Å²) in [6.45, 7) is 5.97. The molecule has 0 bridgehead atoms. The van der Waals surface area contributed by atoms with Crippen LogP contribution in [0.2, 0.25) is 0 Å². The topological polar surface area (TPSA) is 79.1 Å². The van der Waals surface area contributed by atoms with Gasteiger partial charge in [-0.1, -0.05) is 72.0 Å². The molecule has 0 saturated heterocycles. The van der Waals surface area contributed by atoms with Crippen molar-refractivity contribution in [2.75, 3.05) is 20.3 Å². The van der Waals surface area contributed by atoms with Crippen molar-refractivity contribution in [1.82, 2.24) is 4.57 Å². The number of hydrogen-bond donors (Lipinski definition) is 0. The van der Waals surface area contributed by atoms with Gasteiger partial charge in [0.05, 0.1) is 36.1 Å². The van der Waals surface area contributed by atoms with E-state index in [1.165, 1.54) is 11.3 Å². The van der Waals surface area contributed by atoms with E-state index in [4.69, 9.17) is 19.2 Å². The molecule has 42 heavy (non-hydrogen) atoms. The summed E-state index contributed by atoms with van der Waals surface area (Å²) < 4.78 is 19.2. The summed E-state index contributed by atoms with van der Waals surface area (Å²) in [7, 11) is 1.56. The van der Waals surface area contributed by atoms with Gasteiger partial charge in [0.25, 0.3) is 5.56 Å². The smallest absolute Gasteiger partial charge is 0.338 e. The van der Waals surface area contributed by atoms with Gasteiger partial charge < -0.3 is 14.2 Å². The van der Waals surface area contributed by atoms with Crippen molar-refractivity contribution in [1.29, 1.82) is 0 Å². The lowest BCUT2D eigenvalue weighted by atomic mass is 9.94. The fourth-order valence-corrected chi connectivity index (χ4v) is 6.66. The van der Waals surface area contributed by atoms with Gasteiger partial charge in [-0.2, -0.15) is 0 Å². The zero-order valence-corrected chi connectivity index (χ0v) is 24.7. The predicted octanol–water partition coefficient (Wildman–Crippen LogP) is 5.51. The molecule has 5 aromatic rings. The monoisotopic (exact) mass is 578 g/mol. The number of aromatic nitrogens is 1. The minimum absolute atomic E-state index is 0.192. The second-order valence-corrected chi connectivity index (χ2v) is 10.9. The van der Waals surface area contributed by atoms with Gasteiger partial charge in [0.2, 0.25) is 0 Å². The van der Waals surface area contributed by atoms with Gasteiger partial charge in [0.1, 0.15) is 6.04 Å². The highest BCUT2D eigenvalue weighted by molar-refractivity contribution is 7.07. The lowest BCUT2D eigenvalue weighted by Crippen LogP contribution is -2.40. The Kier molecular flexibility index (Phi) is 7.39. The summed E-state index contributed by atoms with van der Waals surface area (Å²) in [6.07, 6.45) is 1.95. The van der Waals surface area contributed by atoms with E-state index in [0.29, 0.717) is 44.3 Å². The lowest BCUT2D eigenvalue weighted by molar-refractivity contribution is -0.139. The minimum Gasteiger partial charge on any atom is -0.493 e. The van der Waals surface area contributed by atoms with Crippen molar-refractivity contribution >= 4 is 44.9 Å². The fourth-order valence-electron chi connectivity index (χ4n) is 5.63. The van der Waals surface area contributed by atoms with Gasteiger partial charge in [0, 0.05) is 5.56 Å². The van der Waals surface area contributed by atoms with Crippen LogP contribution in [0.3, 0.4) is 0 Å². The Morgan fingerprint density at radius 3 is 2.31 bits per heavy atom. The van der Waals surface area contributed by atoms with Crippen LogP contribution >= 0.6 is 11.3 Å². The zero-order chi connectivity index (χ0) is 29.4. The van der Waals surface area contributed by atoms with Crippen LogP contribution in [-0.4, -0.2) is 30.9 Å². The largest absolute Gasteiger partial charge is 0.493 e.